The first kappa shape index (κ1) is 21.3. The van der Waals surface area contributed by atoms with Gasteiger partial charge in [-0.3, -0.25) is 9.20 Å². The van der Waals surface area contributed by atoms with E-state index >= 15 is 0 Å². The van der Waals surface area contributed by atoms with Gasteiger partial charge in [-0.05, 0) is 56.5 Å². The van der Waals surface area contributed by atoms with Gasteiger partial charge in [-0.15, -0.1) is 10.2 Å². The van der Waals surface area contributed by atoms with Gasteiger partial charge >= 0.3 is 6.18 Å². The molecule has 1 atom stereocenters. The minimum atomic E-state index is -4.48. The number of carbonyl (C=O) groups excluding carboxylic acids is 1. The molecule has 31 heavy (non-hydrogen) atoms. The van der Waals surface area contributed by atoms with Gasteiger partial charge in [0.1, 0.15) is 0 Å². The highest BCUT2D eigenvalue weighted by molar-refractivity contribution is 5.79. The van der Waals surface area contributed by atoms with Gasteiger partial charge in [0.15, 0.2) is 11.5 Å². The summed E-state index contributed by atoms with van der Waals surface area (Å²) < 4.78 is 41.1. The summed E-state index contributed by atoms with van der Waals surface area (Å²) in [5.74, 6) is 0.0907. The van der Waals surface area contributed by atoms with E-state index < -0.39 is 17.8 Å². The lowest BCUT2D eigenvalue weighted by Crippen LogP contribution is -2.40. The number of aryl methyl sites for hydroxylation is 1. The fourth-order valence-corrected chi connectivity index (χ4v) is 3.91. The number of carbonyl (C=O) groups is 1. The quantitative estimate of drug-likeness (QED) is 0.626. The van der Waals surface area contributed by atoms with Crippen LogP contribution in [0.3, 0.4) is 0 Å². The summed E-state index contributed by atoms with van der Waals surface area (Å²) in [5.41, 5.74) is 0.602. The van der Waals surface area contributed by atoms with Crippen molar-refractivity contribution in [2.24, 2.45) is 5.92 Å². The van der Waals surface area contributed by atoms with Gasteiger partial charge in [0, 0.05) is 12.1 Å². The first-order valence-electron chi connectivity index (χ1n) is 10.4. The normalized spacial score (nSPS) is 16.4. The van der Waals surface area contributed by atoms with Crippen LogP contribution in [0, 0.1) is 5.92 Å². The number of amides is 1. The summed E-state index contributed by atoms with van der Waals surface area (Å²) in [6, 6.07) is 11.5. The molecular weight excluding hydrogens is 407 g/mol. The second-order valence-corrected chi connectivity index (χ2v) is 7.81. The lowest BCUT2D eigenvalue weighted by Gasteiger charge is -2.25. The van der Waals surface area contributed by atoms with Crippen molar-refractivity contribution in [3.63, 3.8) is 0 Å². The van der Waals surface area contributed by atoms with Crippen LogP contribution in [0.15, 0.2) is 48.7 Å². The molecular formula is C22H24F3N5O. The number of benzene rings is 1. The van der Waals surface area contributed by atoms with Crippen molar-refractivity contribution in [1.29, 1.82) is 0 Å². The molecule has 1 aliphatic rings. The molecule has 0 saturated carbocycles. The average Bonchev–Trinajstić information content (AvgIpc) is 3.20. The number of aromatic nitrogens is 3. The van der Waals surface area contributed by atoms with Crippen LogP contribution < -0.4 is 10.6 Å². The van der Waals surface area contributed by atoms with Gasteiger partial charge < -0.3 is 10.6 Å². The van der Waals surface area contributed by atoms with Gasteiger partial charge in [-0.2, -0.15) is 13.2 Å². The van der Waals surface area contributed by atoms with Crippen molar-refractivity contribution in [3.05, 3.63) is 65.6 Å². The summed E-state index contributed by atoms with van der Waals surface area (Å²) >= 11 is 0. The fraction of sp³-hybridized carbons (Fsp3) is 0.409. The highest BCUT2D eigenvalue weighted by Gasteiger charge is 2.32. The topological polar surface area (TPSA) is 71.3 Å². The Bertz CT molecular complexity index is 1030. The minimum absolute atomic E-state index is 0.0942. The third-order valence-electron chi connectivity index (χ3n) is 5.66. The van der Waals surface area contributed by atoms with E-state index in [2.05, 4.69) is 20.8 Å². The molecule has 1 saturated heterocycles. The van der Waals surface area contributed by atoms with Crippen LogP contribution in [-0.2, 0) is 17.4 Å². The standard InChI is InChI=1S/C22H24F3N5O/c23-22(24,25)17-7-9-19-28-29-20(30(19)14-17)18(8-6-15-4-2-1-3-5-15)27-21(31)16-10-12-26-13-11-16/h1-5,7,9,14,16,18,26H,6,8,10-13H2,(H,27,31)/t18-/m1/s1. The van der Waals surface area contributed by atoms with E-state index in [1.807, 2.05) is 30.3 Å². The Kier molecular flexibility index (Phi) is 6.22. The molecule has 2 aromatic heterocycles. The molecule has 3 heterocycles. The molecule has 4 rings (SSSR count). The summed E-state index contributed by atoms with van der Waals surface area (Å²) in [6.45, 7) is 1.55. The molecule has 2 N–H and O–H groups in total. The number of hydrogen-bond donors (Lipinski definition) is 2. The fourth-order valence-electron chi connectivity index (χ4n) is 3.91. The summed E-state index contributed by atoms with van der Waals surface area (Å²) in [7, 11) is 0. The van der Waals surface area contributed by atoms with Crippen LogP contribution in [0.4, 0.5) is 13.2 Å². The van der Waals surface area contributed by atoms with Gasteiger partial charge in [0.05, 0.1) is 11.6 Å². The molecule has 3 aromatic rings. The van der Waals surface area contributed by atoms with E-state index in [1.54, 1.807) is 0 Å². The highest BCUT2D eigenvalue weighted by atomic mass is 19.4. The van der Waals surface area contributed by atoms with Crippen LogP contribution in [0.25, 0.3) is 5.65 Å². The van der Waals surface area contributed by atoms with Crippen molar-refractivity contribution < 1.29 is 18.0 Å². The van der Waals surface area contributed by atoms with E-state index in [0.717, 1.165) is 43.8 Å². The monoisotopic (exact) mass is 431 g/mol. The SMILES string of the molecule is O=C(N[C@H](CCc1ccccc1)c1nnc2ccc(C(F)(F)F)cn12)C1CCNCC1. The summed E-state index contributed by atoms with van der Waals surface area (Å²) in [6.07, 6.45) is -0.875. The predicted molar refractivity (Wildman–Crippen MR) is 109 cm³/mol. The van der Waals surface area contributed by atoms with E-state index in [4.69, 9.17) is 0 Å². The number of halogens is 3. The van der Waals surface area contributed by atoms with Crippen molar-refractivity contribution in [3.8, 4) is 0 Å². The van der Waals surface area contributed by atoms with E-state index in [9.17, 15) is 18.0 Å². The molecule has 0 bridgehead atoms. The molecule has 1 aromatic carbocycles. The van der Waals surface area contributed by atoms with Crippen molar-refractivity contribution in [1.82, 2.24) is 25.2 Å². The van der Waals surface area contributed by atoms with E-state index in [1.165, 1.54) is 10.5 Å². The second-order valence-electron chi connectivity index (χ2n) is 7.81. The molecule has 164 valence electrons. The maximum atomic E-state index is 13.2. The first-order valence-corrected chi connectivity index (χ1v) is 10.4. The molecule has 0 aliphatic carbocycles. The molecule has 9 heteroatoms. The third kappa shape index (κ3) is 5.04. The van der Waals surface area contributed by atoms with Crippen LogP contribution in [0.5, 0.6) is 0 Å². The van der Waals surface area contributed by atoms with Gasteiger partial charge in [0.2, 0.25) is 5.91 Å². The van der Waals surface area contributed by atoms with Gasteiger partial charge in [-0.25, -0.2) is 0 Å². The van der Waals surface area contributed by atoms with Gasteiger partial charge in [0.25, 0.3) is 0 Å². The number of alkyl halides is 3. The molecule has 6 nitrogen and oxygen atoms in total. The number of nitrogens with one attached hydrogen (secondary N) is 2. The van der Waals surface area contributed by atoms with Crippen LogP contribution >= 0.6 is 0 Å². The third-order valence-corrected chi connectivity index (χ3v) is 5.66. The number of rotatable bonds is 6. The Balaban J connectivity index is 1.63. The minimum Gasteiger partial charge on any atom is -0.346 e. The van der Waals surface area contributed by atoms with Crippen LogP contribution in [0.2, 0.25) is 0 Å². The highest BCUT2D eigenvalue weighted by Crippen LogP contribution is 2.30. The molecule has 0 unspecified atom stereocenters. The van der Waals surface area contributed by atoms with Crippen molar-refractivity contribution in [2.45, 2.75) is 37.9 Å². The summed E-state index contributed by atoms with van der Waals surface area (Å²) in [4.78, 5) is 12.9. The Morgan fingerprint density at radius 2 is 1.87 bits per heavy atom. The van der Waals surface area contributed by atoms with Gasteiger partial charge in [-0.1, -0.05) is 30.3 Å². The number of fused-ring (bicyclic) bond motifs is 1. The zero-order valence-electron chi connectivity index (χ0n) is 16.9. The van der Waals surface area contributed by atoms with Crippen molar-refractivity contribution >= 4 is 11.6 Å². The zero-order valence-corrected chi connectivity index (χ0v) is 16.9. The molecule has 1 amide bonds. The Hall–Kier alpha value is -2.94. The molecule has 0 spiro atoms. The summed E-state index contributed by atoms with van der Waals surface area (Å²) in [5, 5.41) is 14.4. The molecule has 0 radical (unpaired) electrons. The smallest absolute Gasteiger partial charge is 0.346 e. The maximum Gasteiger partial charge on any atom is 0.417 e. The number of hydrogen-bond acceptors (Lipinski definition) is 4. The van der Waals surface area contributed by atoms with Crippen LogP contribution in [-0.4, -0.2) is 33.6 Å². The number of nitrogens with zero attached hydrogens (tertiary/aromatic N) is 3. The Morgan fingerprint density at radius 1 is 1.13 bits per heavy atom. The second kappa shape index (κ2) is 9.05. The molecule has 1 fully saturated rings. The molecule has 1 aliphatic heterocycles. The van der Waals surface area contributed by atoms with E-state index in [-0.39, 0.29) is 11.8 Å². The predicted octanol–water partition coefficient (Wildman–Crippen LogP) is 3.54. The largest absolute Gasteiger partial charge is 0.417 e. The van der Waals surface area contributed by atoms with Crippen LogP contribution in [0.1, 0.15) is 42.3 Å². The Labute approximate surface area is 177 Å². The number of pyridine rings is 1. The van der Waals surface area contributed by atoms with Crippen molar-refractivity contribution in [2.75, 3.05) is 13.1 Å². The number of piperidine rings is 1. The lowest BCUT2D eigenvalue weighted by molar-refractivity contribution is -0.138. The first-order chi connectivity index (χ1) is 14.9. The lowest BCUT2D eigenvalue weighted by atomic mass is 9.96. The average molecular weight is 431 g/mol. The maximum absolute atomic E-state index is 13.2. The zero-order chi connectivity index (χ0) is 21.8. The van der Waals surface area contributed by atoms with E-state index in [0.29, 0.717) is 24.3 Å². The Morgan fingerprint density at radius 3 is 2.58 bits per heavy atom.